The van der Waals surface area contributed by atoms with Crippen molar-refractivity contribution >= 4 is 27.3 Å². The summed E-state index contributed by atoms with van der Waals surface area (Å²) < 4.78 is 30.0. The summed E-state index contributed by atoms with van der Waals surface area (Å²) in [6.07, 6.45) is 1.82. The molecule has 0 aliphatic carbocycles. The van der Waals surface area contributed by atoms with Crippen molar-refractivity contribution in [2.75, 3.05) is 21.3 Å². The van der Waals surface area contributed by atoms with Crippen LogP contribution in [-0.4, -0.2) is 35.9 Å². The summed E-state index contributed by atoms with van der Waals surface area (Å²) in [5, 5.41) is 5.83. The molecule has 6 aromatic rings. The van der Waals surface area contributed by atoms with Crippen LogP contribution in [-0.2, 0) is 6.61 Å². The standard InChI is InChI=1S/C28H23N3O5S/c1-32-20-9-7-17(8-10-20)18-5-4-6-21(11-18)35-16-19-12-22(33-2)13-25-23(19)14-26(36-25)24-15-31-27(29-24)37-28(30-31)34-3/h4-15H,16H2,1-3H3. The molecule has 0 N–H and O–H groups in total. The van der Waals surface area contributed by atoms with Crippen LogP contribution >= 0.6 is 11.3 Å². The number of hydrogen-bond acceptors (Lipinski definition) is 8. The second kappa shape index (κ2) is 9.51. The number of benzene rings is 3. The van der Waals surface area contributed by atoms with Crippen molar-refractivity contribution in [1.29, 1.82) is 0 Å². The van der Waals surface area contributed by atoms with Gasteiger partial charge in [0, 0.05) is 17.0 Å². The van der Waals surface area contributed by atoms with Crippen molar-refractivity contribution in [2.24, 2.45) is 0 Å². The number of methoxy groups -OCH3 is 3. The van der Waals surface area contributed by atoms with Crippen LogP contribution < -0.4 is 18.9 Å². The van der Waals surface area contributed by atoms with E-state index < -0.39 is 0 Å². The quantitative estimate of drug-likeness (QED) is 0.231. The number of furan rings is 1. The van der Waals surface area contributed by atoms with Gasteiger partial charge >= 0.3 is 0 Å². The molecule has 0 aliphatic heterocycles. The lowest BCUT2D eigenvalue weighted by molar-refractivity contribution is 0.307. The highest BCUT2D eigenvalue weighted by atomic mass is 32.1. The smallest absolute Gasteiger partial charge is 0.294 e. The lowest BCUT2D eigenvalue weighted by Crippen LogP contribution is -1.97. The molecule has 0 atom stereocenters. The van der Waals surface area contributed by atoms with Gasteiger partial charge in [-0.25, -0.2) is 9.50 Å². The van der Waals surface area contributed by atoms with Gasteiger partial charge in [0.1, 0.15) is 35.1 Å². The van der Waals surface area contributed by atoms with Crippen LogP contribution in [0.5, 0.6) is 22.4 Å². The molecule has 0 radical (unpaired) electrons. The molecule has 9 heteroatoms. The SMILES string of the molecule is COc1ccc(-c2cccc(OCc3cc(OC)cc4oc(-c5cn6nc(OC)sc6n5)cc34)c2)cc1. The minimum Gasteiger partial charge on any atom is -0.497 e. The van der Waals surface area contributed by atoms with Gasteiger partial charge in [0.2, 0.25) is 4.96 Å². The van der Waals surface area contributed by atoms with Gasteiger partial charge in [-0.1, -0.05) is 24.3 Å². The van der Waals surface area contributed by atoms with E-state index in [-0.39, 0.29) is 0 Å². The van der Waals surface area contributed by atoms with Crippen LogP contribution in [0.2, 0.25) is 0 Å². The molecule has 0 aliphatic rings. The molecule has 0 saturated heterocycles. The van der Waals surface area contributed by atoms with E-state index in [2.05, 4.69) is 16.1 Å². The Morgan fingerprint density at radius 2 is 1.68 bits per heavy atom. The topological polar surface area (TPSA) is 80.2 Å². The molecule has 0 spiro atoms. The molecule has 6 rings (SSSR count). The maximum absolute atomic E-state index is 6.22. The largest absolute Gasteiger partial charge is 0.497 e. The van der Waals surface area contributed by atoms with Crippen LogP contribution in [0.15, 0.2) is 77.3 Å². The van der Waals surface area contributed by atoms with Gasteiger partial charge in [0.05, 0.1) is 27.5 Å². The maximum atomic E-state index is 6.22. The van der Waals surface area contributed by atoms with Gasteiger partial charge < -0.3 is 23.4 Å². The molecule has 3 heterocycles. The van der Waals surface area contributed by atoms with Gasteiger partial charge in [-0.15, -0.1) is 5.10 Å². The van der Waals surface area contributed by atoms with Crippen LogP contribution in [0.25, 0.3) is 38.5 Å². The third-order valence-corrected chi connectivity index (χ3v) is 6.92. The maximum Gasteiger partial charge on any atom is 0.294 e. The molecule has 186 valence electrons. The van der Waals surface area contributed by atoms with Crippen molar-refractivity contribution in [3.8, 4) is 45.0 Å². The van der Waals surface area contributed by atoms with E-state index in [0.29, 0.717) is 34.6 Å². The number of rotatable bonds is 8. The molecule has 0 fully saturated rings. The van der Waals surface area contributed by atoms with E-state index >= 15 is 0 Å². The lowest BCUT2D eigenvalue weighted by Gasteiger charge is -2.10. The molecule has 8 nitrogen and oxygen atoms in total. The molecule has 0 unspecified atom stereocenters. The normalized spacial score (nSPS) is 11.2. The van der Waals surface area contributed by atoms with Crippen LogP contribution in [0.1, 0.15) is 5.56 Å². The van der Waals surface area contributed by atoms with E-state index in [4.69, 9.17) is 23.4 Å². The van der Waals surface area contributed by atoms with Gasteiger partial charge in [0.25, 0.3) is 5.19 Å². The Bertz CT molecular complexity index is 1670. The van der Waals surface area contributed by atoms with E-state index in [9.17, 15) is 0 Å². The van der Waals surface area contributed by atoms with Gasteiger partial charge in [-0.3, -0.25) is 0 Å². The number of fused-ring (bicyclic) bond motifs is 2. The average Bonchev–Trinajstić information content (AvgIpc) is 3.65. The first kappa shape index (κ1) is 22.9. The zero-order chi connectivity index (χ0) is 25.4. The van der Waals surface area contributed by atoms with Crippen molar-refractivity contribution in [3.05, 3.63) is 78.5 Å². The molecule has 3 aromatic heterocycles. The van der Waals surface area contributed by atoms with Gasteiger partial charge in [-0.2, -0.15) is 0 Å². The summed E-state index contributed by atoms with van der Waals surface area (Å²) in [4.78, 5) is 5.36. The molecule has 0 bridgehead atoms. The van der Waals surface area contributed by atoms with Crippen molar-refractivity contribution in [1.82, 2.24) is 14.6 Å². The fourth-order valence-corrected chi connectivity index (χ4v) is 4.84. The lowest BCUT2D eigenvalue weighted by atomic mass is 10.1. The van der Waals surface area contributed by atoms with Crippen LogP contribution in [0.4, 0.5) is 0 Å². The summed E-state index contributed by atoms with van der Waals surface area (Å²) in [6, 6.07) is 21.8. The predicted molar refractivity (Wildman–Crippen MR) is 142 cm³/mol. The van der Waals surface area contributed by atoms with Gasteiger partial charge in [-0.05, 0) is 58.9 Å². The second-order valence-corrected chi connectivity index (χ2v) is 9.20. The minimum atomic E-state index is 0.343. The fourth-order valence-electron chi connectivity index (χ4n) is 4.14. The number of ether oxygens (including phenoxy) is 4. The Balaban J connectivity index is 1.28. The first-order chi connectivity index (χ1) is 18.1. The van der Waals surface area contributed by atoms with Crippen molar-refractivity contribution < 1.29 is 23.4 Å². The Labute approximate surface area is 216 Å². The highest BCUT2D eigenvalue weighted by Crippen LogP contribution is 2.35. The summed E-state index contributed by atoms with van der Waals surface area (Å²) in [5.74, 6) is 2.92. The third kappa shape index (κ3) is 4.45. The molecular formula is C28H23N3O5S. The summed E-state index contributed by atoms with van der Waals surface area (Å²) in [6.45, 7) is 0.343. The zero-order valence-electron chi connectivity index (χ0n) is 20.4. The predicted octanol–water partition coefficient (Wildman–Crippen LogP) is 6.48. The molecular weight excluding hydrogens is 490 g/mol. The van der Waals surface area contributed by atoms with Crippen molar-refractivity contribution in [3.63, 3.8) is 0 Å². The average molecular weight is 514 g/mol. The molecule has 37 heavy (non-hydrogen) atoms. The van der Waals surface area contributed by atoms with E-state index in [1.807, 2.05) is 66.9 Å². The minimum absolute atomic E-state index is 0.343. The molecule has 0 amide bonds. The Hall–Kier alpha value is -4.50. The molecule has 0 saturated carbocycles. The Morgan fingerprint density at radius 3 is 2.43 bits per heavy atom. The monoisotopic (exact) mass is 513 g/mol. The highest BCUT2D eigenvalue weighted by Gasteiger charge is 2.17. The van der Waals surface area contributed by atoms with Crippen molar-refractivity contribution in [2.45, 2.75) is 6.61 Å². The fraction of sp³-hybridized carbons (Fsp3) is 0.143. The summed E-state index contributed by atoms with van der Waals surface area (Å²) in [7, 11) is 4.88. The van der Waals surface area contributed by atoms with Gasteiger partial charge in [0.15, 0.2) is 5.76 Å². The summed E-state index contributed by atoms with van der Waals surface area (Å²) >= 11 is 1.37. The second-order valence-electron chi connectivity index (χ2n) is 8.28. The third-order valence-electron chi connectivity index (χ3n) is 6.04. The van der Waals surface area contributed by atoms with E-state index in [1.165, 1.54) is 11.3 Å². The number of aromatic nitrogens is 3. The number of imidazole rings is 1. The Kier molecular flexibility index (Phi) is 5.90. The van der Waals surface area contributed by atoms with E-state index in [1.54, 1.807) is 25.8 Å². The summed E-state index contributed by atoms with van der Waals surface area (Å²) in [5.41, 5.74) is 4.48. The molecule has 3 aromatic carbocycles. The van der Waals surface area contributed by atoms with Crippen LogP contribution in [0.3, 0.4) is 0 Å². The Morgan fingerprint density at radius 1 is 0.838 bits per heavy atom. The first-order valence-electron chi connectivity index (χ1n) is 11.5. The van der Waals surface area contributed by atoms with E-state index in [0.717, 1.165) is 38.5 Å². The number of nitrogens with zero attached hydrogens (tertiary/aromatic N) is 3. The van der Waals surface area contributed by atoms with Crippen LogP contribution in [0, 0.1) is 0 Å². The first-order valence-corrected chi connectivity index (χ1v) is 12.3. The number of hydrogen-bond donors (Lipinski definition) is 0. The zero-order valence-corrected chi connectivity index (χ0v) is 21.2. The highest BCUT2D eigenvalue weighted by molar-refractivity contribution is 7.18.